The predicted octanol–water partition coefficient (Wildman–Crippen LogP) is 1.30. The van der Waals surface area contributed by atoms with Crippen LogP contribution in [0.4, 0.5) is 0 Å². The molecule has 4 nitrogen and oxygen atoms in total. The molecule has 2 aromatic rings. The van der Waals surface area contributed by atoms with Crippen LogP contribution in [0.15, 0.2) is 18.2 Å². The Labute approximate surface area is 82.0 Å². The van der Waals surface area contributed by atoms with E-state index in [1.54, 1.807) is 0 Å². The lowest BCUT2D eigenvalue weighted by molar-refractivity contribution is 0.141. The van der Waals surface area contributed by atoms with Crippen LogP contribution in [0.2, 0.25) is 0 Å². The zero-order valence-corrected chi connectivity index (χ0v) is 8.08. The van der Waals surface area contributed by atoms with Gasteiger partial charge in [0.15, 0.2) is 0 Å². The fourth-order valence-corrected chi connectivity index (χ4v) is 1.52. The normalized spacial score (nSPS) is 11.0. The first kappa shape index (κ1) is 9.18. The molecule has 0 amide bonds. The summed E-state index contributed by atoms with van der Waals surface area (Å²) in [7, 11) is 0. The second kappa shape index (κ2) is 3.77. The molecule has 0 saturated heterocycles. The van der Waals surface area contributed by atoms with E-state index in [2.05, 4.69) is 21.1 Å². The smallest absolute Gasteiger partial charge is 0.0923 e. The molecule has 74 valence electrons. The maximum absolute atomic E-state index is 4.98. The molecule has 0 saturated carbocycles. The highest BCUT2D eigenvalue weighted by Gasteiger charge is 2.01. The molecule has 0 bridgehead atoms. The number of nitrogens with two attached hydrogens (primary N) is 1. The monoisotopic (exact) mass is 191 g/mol. The number of benzene rings is 1. The summed E-state index contributed by atoms with van der Waals surface area (Å²) in [6.07, 6.45) is 0.830. The van der Waals surface area contributed by atoms with Crippen molar-refractivity contribution < 1.29 is 4.84 Å². The summed E-state index contributed by atoms with van der Waals surface area (Å²) >= 11 is 0. The Kier molecular flexibility index (Phi) is 2.47. The van der Waals surface area contributed by atoms with E-state index in [1.807, 2.05) is 19.1 Å². The molecule has 3 N–H and O–H groups in total. The summed E-state index contributed by atoms with van der Waals surface area (Å²) in [6.45, 7) is 2.56. The maximum Gasteiger partial charge on any atom is 0.0923 e. The van der Waals surface area contributed by atoms with Crippen molar-refractivity contribution in [3.8, 4) is 0 Å². The van der Waals surface area contributed by atoms with Gasteiger partial charge in [0, 0.05) is 11.1 Å². The topological polar surface area (TPSA) is 63.9 Å². The molecule has 14 heavy (non-hydrogen) atoms. The molecule has 0 spiro atoms. The van der Waals surface area contributed by atoms with Crippen LogP contribution in [-0.2, 0) is 11.3 Å². The molecule has 4 heteroatoms. The van der Waals surface area contributed by atoms with Gasteiger partial charge in [0.2, 0.25) is 0 Å². The number of hydrogen-bond donors (Lipinski definition) is 2. The Hall–Kier alpha value is -1.39. The molecule has 2 rings (SSSR count). The number of H-pyrrole nitrogens is 1. The fourth-order valence-electron chi connectivity index (χ4n) is 1.52. The molecule has 0 unspecified atom stereocenters. The number of nitrogens with one attached hydrogen (secondary N) is 1. The summed E-state index contributed by atoms with van der Waals surface area (Å²) in [6, 6.07) is 6.17. The van der Waals surface area contributed by atoms with Gasteiger partial charge in [-0.25, -0.2) is 5.90 Å². The third kappa shape index (κ3) is 1.62. The average molecular weight is 191 g/mol. The largest absolute Gasteiger partial charge is 0.304 e. The van der Waals surface area contributed by atoms with E-state index in [4.69, 9.17) is 5.90 Å². The number of hydrogen-bond acceptors (Lipinski definition) is 3. The van der Waals surface area contributed by atoms with Crippen molar-refractivity contribution in [1.29, 1.82) is 0 Å². The summed E-state index contributed by atoms with van der Waals surface area (Å²) in [5, 5.41) is 8.28. The number of nitrogens with zero attached hydrogens (tertiary/aromatic N) is 1. The number of aromatic amines is 1. The second-order valence-corrected chi connectivity index (χ2v) is 3.32. The van der Waals surface area contributed by atoms with Crippen LogP contribution in [0.25, 0.3) is 10.9 Å². The van der Waals surface area contributed by atoms with Crippen molar-refractivity contribution >= 4 is 10.9 Å². The van der Waals surface area contributed by atoms with Gasteiger partial charge in [0.05, 0.1) is 12.1 Å². The van der Waals surface area contributed by atoms with Gasteiger partial charge in [0.1, 0.15) is 0 Å². The van der Waals surface area contributed by atoms with Gasteiger partial charge >= 0.3 is 0 Å². The van der Waals surface area contributed by atoms with Gasteiger partial charge < -0.3 is 4.84 Å². The van der Waals surface area contributed by atoms with E-state index in [0.717, 1.165) is 17.6 Å². The van der Waals surface area contributed by atoms with Crippen LogP contribution in [0.5, 0.6) is 0 Å². The molecule has 0 fully saturated rings. The average Bonchev–Trinajstić information content (AvgIpc) is 2.57. The van der Waals surface area contributed by atoms with Crippen molar-refractivity contribution in [3.05, 3.63) is 29.5 Å². The van der Waals surface area contributed by atoms with Gasteiger partial charge in [-0.15, -0.1) is 0 Å². The highest BCUT2D eigenvalue weighted by atomic mass is 16.6. The molecule has 0 aliphatic heterocycles. The van der Waals surface area contributed by atoms with Crippen molar-refractivity contribution in [2.24, 2.45) is 5.90 Å². The van der Waals surface area contributed by atoms with Crippen molar-refractivity contribution in [2.45, 2.75) is 13.3 Å². The summed E-state index contributed by atoms with van der Waals surface area (Å²) in [4.78, 5) is 4.55. The highest BCUT2D eigenvalue weighted by Crippen LogP contribution is 2.17. The Morgan fingerprint density at radius 3 is 3.14 bits per heavy atom. The lowest BCUT2D eigenvalue weighted by Gasteiger charge is -1.99. The van der Waals surface area contributed by atoms with E-state index in [-0.39, 0.29) is 0 Å². The summed E-state index contributed by atoms with van der Waals surface area (Å²) in [5.74, 6) is 4.98. The predicted molar refractivity (Wildman–Crippen MR) is 54.7 cm³/mol. The lowest BCUT2D eigenvalue weighted by atomic mass is 10.1. The first-order valence-electron chi connectivity index (χ1n) is 4.56. The second-order valence-electron chi connectivity index (χ2n) is 3.32. The van der Waals surface area contributed by atoms with Gasteiger partial charge in [-0.05, 0) is 31.0 Å². The van der Waals surface area contributed by atoms with Crippen molar-refractivity contribution in [3.63, 3.8) is 0 Å². The molecule has 1 heterocycles. The van der Waals surface area contributed by atoms with Gasteiger partial charge in [-0.3, -0.25) is 5.10 Å². The van der Waals surface area contributed by atoms with Crippen LogP contribution in [-0.4, -0.2) is 16.8 Å². The van der Waals surface area contributed by atoms with Gasteiger partial charge in [-0.1, -0.05) is 6.07 Å². The zero-order valence-electron chi connectivity index (χ0n) is 8.08. The molecular formula is C10H13N3O. The van der Waals surface area contributed by atoms with Gasteiger partial charge in [0.25, 0.3) is 0 Å². The zero-order chi connectivity index (χ0) is 9.97. The molecular weight excluding hydrogens is 178 g/mol. The maximum atomic E-state index is 4.98. The van der Waals surface area contributed by atoms with E-state index in [0.29, 0.717) is 6.61 Å². The third-order valence-corrected chi connectivity index (χ3v) is 2.32. The molecule has 0 aliphatic carbocycles. The Morgan fingerprint density at radius 2 is 2.36 bits per heavy atom. The number of aromatic nitrogens is 2. The van der Waals surface area contributed by atoms with Crippen molar-refractivity contribution in [1.82, 2.24) is 10.2 Å². The third-order valence-electron chi connectivity index (χ3n) is 2.32. The number of fused-ring (bicyclic) bond motifs is 1. The molecule has 0 aliphatic rings. The van der Waals surface area contributed by atoms with E-state index in [1.165, 1.54) is 10.9 Å². The van der Waals surface area contributed by atoms with Crippen LogP contribution in [0.1, 0.15) is 11.3 Å². The Balaban J connectivity index is 2.34. The molecule has 0 atom stereocenters. The molecule has 0 radical (unpaired) electrons. The summed E-state index contributed by atoms with van der Waals surface area (Å²) < 4.78 is 0. The quantitative estimate of drug-likeness (QED) is 0.719. The van der Waals surface area contributed by atoms with Gasteiger partial charge in [-0.2, -0.15) is 5.10 Å². The van der Waals surface area contributed by atoms with Crippen LogP contribution >= 0.6 is 0 Å². The van der Waals surface area contributed by atoms with Crippen LogP contribution in [0, 0.1) is 6.92 Å². The van der Waals surface area contributed by atoms with E-state index < -0.39 is 0 Å². The lowest BCUT2D eigenvalue weighted by Crippen LogP contribution is -2.03. The highest BCUT2D eigenvalue weighted by molar-refractivity contribution is 5.81. The van der Waals surface area contributed by atoms with E-state index in [9.17, 15) is 0 Å². The molecule has 1 aromatic carbocycles. The van der Waals surface area contributed by atoms with Crippen LogP contribution < -0.4 is 5.90 Å². The van der Waals surface area contributed by atoms with Crippen molar-refractivity contribution in [2.75, 3.05) is 6.61 Å². The van der Waals surface area contributed by atoms with Crippen LogP contribution in [0.3, 0.4) is 0 Å². The van der Waals surface area contributed by atoms with E-state index >= 15 is 0 Å². The molecule has 1 aromatic heterocycles. The fraction of sp³-hybridized carbons (Fsp3) is 0.300. The minimum Gasteiger partial charge on any atom is -0.304 e. The summed E-state index contributed by atoms with van der Waals surface area (Å²) in [5.41, 5.74) is 3.31. The Bertz CT molecular complexity index is 436. The number of aryl methyl sites for hydroxylation is 1. The standard InChI is InChI=1S/C10H13N3O/c1-7-9-6-8(4-5-14-11)2-3-10(9)13-12-7/h2-3,6H,4-5,11H2,1H3,(H,12,13). The Morgan fingerprint density at radius 1 is 1.50 bits per heavy atom. The number of rotatable bonds is 3. The minimum atomic E-state index is 0.544. The first-order chi connectivity index (χ1) is 6.81. The first-order valence-corrected chi connectivity index (χ1v) is 4.56. The SMILES string of the molecule is Cc1[nH]nc2ccc(CCON)cc12. The minimum absolute atomic E-state index is 0.544.